The second-order valence-electron chi connectivity index (χ2n) is 4.73. The van der Waals surface area contributed by atoms with Crippen LogP contribution in [0.25, 0.3) is 0 Å². The van der Waals surface area contributed by atoms with Gasteiger partial charge >= 0.3 is 5.97 Å². The lowest BCUT2D eigenvalue weighted by Crippen LogP contribution is -2.17. The zero-order valence-corrected chi connectivity index (χ0v) is 11.3. The van der Waals surface area contributed by atoms with Crippen molar-refractivity contribution in [2.24, 2.45) is 5.92 Å². The Morgan fingerprint density at radius 1 is 1.47 bits per heavy atom. The van der Waals surface area contributed by atoms with E-state index in [1.165, 1.54) is 0 Å². The van der Waals surface area contributed by atoms with Gasteiger partial charge in [-0.15, -0.1) is 0 Å². The fourth-order valence-corrected chi connectivity index (χ4v) is 2.77. The largest absolute Gasteiger partial charge is 0.481 e. The van der Waals surface area contributed by atoms with E-state index in [4.69, 9.17) is 5.11 Å². The third kappa shape index (κ3) is 3.68. The van der Waals surface area contributed by atoms with E-state index in [2.05, 4.69) is 10.0 Å². The average molecular weight is 284 g/mol. The quantitative estimate of drug-likeness (QED) is 0.760. The van der Waals surface area contributed by atoms with E-state index in [1.807, 2.05) is 6.07 Å². The smallest absolute Gasteiger partial charge is 0.307 e. The van der Waals surface area contributed by atoms with E-state index in [1.54, 1.807) is 18.2 Å². The highest BCUT2D eigenvalue weighted by Crippen LogP contribution is 2.28. The number of sulfonamides is 1. The summed E-state index contributed by atoms with van der Waals surface area (Å²) in [6.45, 7) is 0.434. The molecule has 6 nitrogen and oxygen atoms in total. The molecule has 1 fully saturated rings. The first-order valence-corrected chi connectivity index (χ1v) is 7.78. The van der Waals surface area contributed by atoms with Crippen molar-refractivity contribution in [3.8, 4) is 0 Å². The van der Waals surface area contributed by atoms with Crippen LogP contribution in [-0.2, 0) is 14.8 Å². The molecule has 1 aromatic carbocycles. The van der Waals surface area contributed by atoms with Gasteiger partial charge in [0.05, 0.1) is 12.2 Å². The maximum Gasteiger partial charge on any atom is 0.307 e. The Balaban J connectivity index is 2.14. The van der Waals surface area contributed by atoms with Gasteiger partial charge in [0.15, 0.2) is 0 Å². The molecule has 1 saturated heterocycles. The Bertz CT molecular complexity index is 585. The molecule has 0 bridgehead atoms. The molecule has 104 valence electrons. The van der Waals surface area contributed by atoms with Gasteiger partial charge in [-0.25, -0.2) is 8.42 Å². The Hall–Kier alpha value is -1.60. The molecule has 3 N–H and O–H groups in total. The van der Waals surface area contributed by atoms with E-state index >= 15 is 0 Å². The summed E-state index contributed by atoms with van der Waals surface area (Å²) in [6.07, 6.45) is 1.60. The molecule has 0 aliphatic carbocycles. The van der Waals surface area contributed by atoms with Crippen LogP contribution in [0.1, 0.15) is 18.0 Å². The standard InChI is InChI=1S/C12H16N2O4S/c1-19(17,18)14-10-4-2-3-8(5-10)11-6-9(7-13-11)12(15)16/h2-5,9,11,13-14H,6-7H2,1H3,(H,15,16). The van der Waals surface area contributed by atoms with E-state index < -0.39 is 21.9 Å². The van der Waals surface area contributed by atoms with Gasteiger partial charge in [-0.1, -0.05) is 12.1 Å². The molecule has 1 aliphatic rings. The molecule has 1 aromatic rings. The van der Waals surface area contributed by atoms with E-state index in [9.17, 15) is 13.2 Å². The van der Waals surface area contributed by atoms with E-state index in [0.29, 0.717) is 18.7 Å². The summed E-state index contributed by atoms with van der Waals surface area (Å²) in [5.41, 5.74) is 1.37. The molecule has 2 atom stereocenters. The lowest BCUT2D eigenvalue weighted by molar-refractivity contribution is -0.141. The zero-order valence-electron chi connectivity index (χ0n) is 10.5. The Morgan fingerprint density at radius 3 is 2.79 bits per heavy atom. The number of hydrogen-bond donors (Lipinski definition) is 3. The number of rotatable bonds is 4. The van der Waals surface area contributed by atoms with Crippen molar-refractivity contribution in [2.45, 2.75) is 12.5 Å². The predicted molar refractivity (Wildman–Crippen MR) is 71.4 cm³/mol. The van der Waals surface area contributed by atoms with Crippen LogP contribution in [0.2, 0.25) is 0 Å². The fraction of sp³-hybridized carbons (Fsp3) is 0.417. The third-order valence-corrected chi connectivity index (χ3v) is 3.68. The molecule has 1 heterocycles. The molecule has 19 heavy (non-hydrogen) atoms. The number of nitrogens with one attached hydrogen (secondary N) is 2. The maximum atomic E-state index is 11.2. The lowest BCUT2D eigenvalue weighted by atomic mass is 10.00. The average Bonchev–Trinajstić information content (AvgIpc) is 2.76. The van der Waals surface area contributed by atoms with Crippen LogP contribution >= 0.6 is 0 Å². The fourth-order valence-electron chi connectivity index (χ4n) is 2.21. The van der Waals surface area contributed by atoms with Crippen molar-refractivity contribution in [2.75, 3.05) is 17.5 Å². The van der Waals surface area contributed by atoms with Gasteiger partial charge in [-0.2, -0.15) is 0 Å². The van der Waals surface area contributed by atoms with Crippen LogP contribution < -0.4 is 10.0 Å². The van der Waals surface area contributed by atoms with Gasteiger partial charge in [0, 0.05) is 18.3 Å². The summed E-state index contributed by atoms with van der Waals surface area (Å²) in [6, 6.07) is 6.94. The Morgan fingerprint density at radius 2 is 2.21 bits per heavy atom. The van der Waals surface area contributed by atoms with Gasteiger partial charge in [0.25, 0.3) is 0 Å². The highest BCUT2D eigenvalue weighted by molar-refractivity contribution is 7.92. The summed E-state index contributed by atoms with van der Waals surface area (Å²) in [5, 5.41) is 12.1. The van der Waals surface area contributed by atoms with Crippen LogP contribution in [-0.4, -0.2) is 32.3 Å². The van der Waals surface area contributed by atoms with Gasteiger partial charge in [-0.05, 0) is 24.1 Å². The summed E-state index contributed by atoms with van der Waals surface area (Å²) in [5.74, 6) is -1.20. The number of carboxylic acid groups (broad SMARTS) is 1. The first-order chi connectivity index (χ1) is 8.85. The Labute approximate surface area is 111 Å². The summed E-state index contributed by atoms with van der Waals surface area (Å²) >= 11 is 0. The maximum absolute atomic E-state index is 11.2. The van der Waals surface area contributed by atoms with Crippen molar-refractivity contribution < 1.29 is 18.3 Å². The second-order valence-corrected chi connectivity index (χ2v) is 6.48. The van der Waals surface area contributed by atoms with Crippen molar-refractivity contribution >= 4 is 21.7 Å². The van der Waals surface area contributed by atoms with Crippen LogP contribution in [0, 0.1) is 5.92 Å². The monoisotopic (exact) mass is 284 g/mol. The highest BCUT2D eigenvalue weighted by atomic mass is 32.2. The van der Waals surface area contributed by atoms with Gasteiger partial charge in [0.2, 0.25) is 10.0 Å². The topological polar surface area (TPSA) is 95.5 Å². The van der Waals surface area contributed by atoms with E-state index in [-0.39, 0.29) is 6.04 Å². The molecule has 0 spiro atoms. The molecule has 0 aromatic heterocycles. The van der Waals surface area contributed by atoms with Gasteiger partial charge < -0.3 is 10.4 Å². The Kier molecular flexibility index (Phi) is 3.77. The van der Waals surface area contributed by atoms with Crippen LogP contribution in [0.4, 0.5) is 5.69 Å². The van der Waals surface area contributed by atoms with E-state index in [0.717, 1.165) is 11.8 Å². The van der Waals surface area contributed by atoms with Crippen molar-refractivity contribution in [1.29, 1.82) is 0 Å². The summed E-state index contributed by atoms with van der Waals surface area (Å²) in [7, 11) is -3.31. The first kappa shape index (κ1) is 13.8. The zero-order chi connectivity index (χ0) is 14.0. The van der Waals surface area contributed by atoms with Crippen molar-refractivity contribution in [3.63, 3.8) is 0 Å². The van der Waals surface area contributed by atoms with Gasteiger partial charge in [-0.3, -0.25) is 9.52 Å². The number of anilines is 1. The molecular formula is C12H16N2O4S. The minimum atomic E-state index is -3.31. The molecule has 2 unspecified atom stereocenters. The SMILES string of the molecule is CS(=O)(=O)Nc1cccc(C2CC(C(=O)O)CN2)c1. The van der Waals surface area contributed by atoms with Gasteiger partial charge in [0.1, 0.15) is 0 Å². The number of hydrogen-bond acceptors (Lipinski definition) is 4. The van der Waals surface area contributed by atoms with Crippen molar-refractivity contribution in [1.82, 2.24) is 5.32 Å². The second kappa shape index (κ2) is 5.18. The van der Waals surface area contributed by atoms with Crippen LogP contribution in [0.5, 0.6) is 0 Å². The minimum absolute atomic E-state index is 0.0533. The molecule has 2 rings (SSSR count). The molecule has 7 heteroatoms. The third-order valence-electron chi connectivity index (χ3n) is 3.07. The number of aliphatic carboxylic acids is 1. The molecule has 0 amide bonds. The number of benzene rings is 1. The first-order valence-electron chi connectivity index (χ1n) is 5.89. The molecule has 1 aliphatic heterocycles. The number of carbonyl (C=O) groups is 1. The normalized spacial score (nSPS) is 23.2. The number of carboxylic acids is 1. The summed E-state index contributed by atoms with van der Waals surface area (Å²) in [4.78, 5) is 10.9. The molecule has 0 radical (unpaired) electrons. The minimum Gasteiger partial charge on any atom is -0.481 e. The highest BCUT2D eigenvalue weighted by Gasteiger charge is 2.30. The predicted octanol–water partition coefficient (Wildman–Crippen LogP) is 0.793. The summed E-state index contributed by atoms with van der Waals surface area (Å²) < 4.78 is 24.7. The van der Waals surface area contributed by atoms with Crippen molar-refractivity contribution in [3.05, 3.63) is 29.8 Å². The molecular weight excluding hydrogens is 268 g/mol. The van der Waals surface area contributed by atoms with Crippen LogP contribution in [0.3, 0.4) is 0 Å². The lowest BCUT2D eigenvalue weighted by Gasteiger charge is -2.12. The molecule has 0 saturated carbocycles. The van der Waals surface area contributed by atoms with Crippen LogP contribution in [0.15, 0.2) is 24.3 Å².